The van der Waals surface area contributed by atoms with Crippen molar-refractivity contribution in [2.75, 3.05) is 18.0 Å². The van der Waals surface area contributed by atoms with E-state index in [1.807, 2.05) is 62.3 Å². The average molecular weight is 701 g/mol. The normalized spacial score (nSPS) is 21.5. The van der Waals surface area contributed by atoms with E-state index in [9.17, 15) is 40.3 Å². The molecule has 0 spiro atoms. The molecule has 0 saturated carbocycles. The molecule has 15 heteroatoms. The number of anilines is 1. The molecule has 1 unspecified atom stereocenters. The van der Waals surface area contributed by atoms with Crippen molar-refractivity contribution in [2.24, 2.45) is 0 Å². The van der Waals surface area contributed by atoms with E-state index in [2.05, 4.69) is 0 Å². The highest BCUT2D eigenvalue weighted by Crippen LogP contribution is 2.51. The molecule has 13 nitrogen and oxygen atoms in total. The van der Waals surface area contributed by atoms with Gasteiger partial charge in [0.25, 0.3) is 32.1 Å². The van der Waals surface area contributed by atoms with Gasteiger partial charge < -0.3 is 9.74 Å². The SMILES string of the molecule is CCN1/C(=C/C=C/C2=[N+](CC)c3ccc(S(=O)(=O)O)cc3C2(C)C)C(C)(CCC(=O)ON2C(=O)CCC2=O)c2cc(S(=O)(=O)O)ccc21. The third-order valence-corrected chi connectivity index (χ3v) is 11.0. The van der Waals surface area contributed by atoms with Crippen LogP contribution in [0.2, 0.25) is 0 Å². The molecule has 1 atom stereocenters. The summed E-state index contributed by atoms with van der Waals surface area (Å²) in [7, 11) is -8.96. The Labute approximate surface area is 279 Å². The van der Waals surface area contributed by atoms with Crippen LogP contribution in [0.4, 0.5) is 11.4 Å². The average Bonchev–Trinajstić information content (AvgIpc) is 3.54. The molecule has 1 saturated heterocycles. The molecule has 5 rings (SSSR count). The molecule has 2 N–H and O–H groups in total. The Bertz CT molecular complexity index is 2030. The number of likely N-dealkylation sites (N-methyl/N-ethyl adjacent to an activating group) is 1. The maximum atomic E-state index is 12.9. The predicted molar refractivity (Wildman–Crippen MR) is 175 cm³/mol. The first-order valence-electron chi connectivity index (χ1n) is 15.5. The summed E-state index contributed by atoms with van der Waals surface area (Å²) in [6.07, 6.45) is 5.40. The Hall–Kier alpha value is -4.18. The molecule has 2 aromatic rings. The van der Waals surface area contributed by atoms with Gasteiger partial charge in [-0.3, -0.25) is 18.7 Å². The van der Waals surface area contributed by atoms with E-state index in [0.717, 1.165) is 22.7 Å². The highest BCUT2D eigenvalue weighted by molar-refractivity contribution is 7.86. The van der Waals surface area contributed by atoms with E-state index in [4.69, 9.17) is 4.84 Å². The topological polar surface area (TPSA) is 179 Å². The molecule has 3 aliphatic rings. The third kappa shape index (κ3) is 6.11. The second-order valence-corrected chi connectivity index (χ2v) is 15.4. The second-order valence-electron chi connectivity index (χ2n) is 12.6. The van der Waals surface area contributed by atoms with Gasteiger partial charge in [0.05, 0.1) is 15.2 Å². The van der Waals surface area contributed by atoms with Gasteiger partial charge in [0.1, 0.15) is 6.54 Å². The lowest BCUT2D eigenvalue weighted by Crippen LogP contribution is -2.33. The van der Waals surface area contributed by atoms with Crippen LogP contribution in [0.3, 0.4) is 0 Å². The third-order valence-electron chi connectivity index (χ3n) is 9.34. The Morgan fingerprint density at radius 1 is 0.938 bits per heavy atom. The van der Waals surface area contributed by atoms with Crippen molar-refractivity contribution in [1.29, 1.82) is 0 Å². The smallest absolute Gasteiger partial charge is 0.333 e. The van der Waals surface area contributed by atoms with Crippen molar-refractivity contribution >= 4 is 55.1 Å². The summed E-state index contributed by atoms with van der Waals surface area (Å²) in [6, 6.07) is 8.80. The number of nitrogens with zero attached hydrogens (tertiary/aromatic N) is 3. The number of carbonyl (C=O) groups is 3. The molecule has 0 aromatic heterocycles. The van der Waals surface area contributed by atoms with Gasteiger partial charge in [0.15, 0.2) is 5.71 Å². The van der Waals surface area contributed by atoms with Gasteiger partial charge >= 0.3 is 5.97 Å². The molecule has 2 aromatic carbocycles. The molecular formula is C33H38N3O10S2+. The lowest BCUT2D eigenvalue weighted by atomic mass is 9.77. The fraction of sp³-hybridized carbons (Fsp3) is 0.394. The van der Waals surface area contributed by atoms with E-state index < -0.39 is 48.8 Å². The first-order valence-corrected chi connectivity index (χ1v) is 18.3. The highest BCUT2D eigenvalue weighted by Gasteiger charge is 2.46. The van der Waals surface area contributed by atoms with Crippen LogP contribution in [0, 0.1) is 0 Å². The number of rotatable bonds is 10. The molecule has 3 heterocycles. The van der Waals surface area contributed by atoms with Crippen LogP contribution in [0.15, 0.2) is 70.1 Å². The first kappa shape index (κ1) is 35.1. The van der Waals surface area contributed by atoms with Gasteiger partial charge in [-0.1, -0.05) is 6.08 Å². The minimum absolute atomic E-state index is 0.0433. The maximum absolute atomic E-state index is 12.9. The molecule has 48 heavy (non-hydrogen) atoms. The van der Waals surface area contributed by atoms with E-state index >= 15 is 0 Å². The van der Waals surface area contributed by atoms with Crippen LogP contribution in [-0.4, -0.2) is 72.2 Å². The largest absolute Gasteiger partial charge is 0.344 e. The molecule has 0 bridgehead atoms. The molecular weight excluding hydrogens is 663 g/mol. The zero-order valence-corrected chi connectivity index (χ0v) is 28.9. The van der Waals surface area contributed by atoms with Crippen LogP contribution in [-0.2, 0) is 50.3 Å². The summed E-state index contributed by atoms with van der Waals surface area (Å²) in [5.41, 5.74) is 2.72. The van der Waals surface area contributed by atoms with Crippen molar-refractivity contribution in [3.8, 4) is 0 Å². The summed E-state index contributed by atoms with van der Waals surface area (Å²) in [6.45, 7) is 10.7. The number of imide groups is 1. The number of hydrogen-bond donors (Lipinski definition) is 2. The Kier molecular flexibility index (Phi) is 9.05. The summed E-state index contributed by atoms with van der Waals surface area (Å²) >= 11 is 0. The van der Waals surface area contributed by atoms with Crippen molar-refractivity contribution in [3.05, 3.63) is 71.5 Å². The van der Waals surface area contributed by atoms with E-state index in [0.29, 0.717) is 29.4 Å². The van der Waals surface area contributed by atoms with Gasteiger partial charge in [-0.25, -0.2) is 4.79 Å². The number of hydrogen-bond acceptors (Lipinski definition) is 9. The quantitative estimate of drug-likeness (QED) is 0.206. The van der Waals surface area contributed by atoms with Crippen molar-refractivity contribution in [1.82, 2.24) is 5.06 Å². The van der Waals surface area contributed by atoms with E-state index in [1.165, 1.54) is 24.3 Å². The maximum Gasteiger partial charge on any atom is 0.333 e. The van der Waals surface area contributed by atoms with Crippen molar-refractivity contribution < 1.29 is 49.7 Å². The molecule has 1 fully saturated rings. The molecule has 256 valence electrons. The number of allylic oxidation sites excluding steroid dienone is 4. The lowest BCUT2D eigenvalue weighted by Gasteiger charge is -2.29. The van der Waals surface area contributed by atoms with Gasteiger partial charge in [-0.05, 0) is 83.0 Å². The van der Waals surface area contributed by atoms with Gasteiger partial charge in [0, 0.05) is 60.3 Å². The second kappa shape index (κ2) is 12.4. The number of hydroxylamine groups is 2. The molecule has 0 radical (unpaired) electrons. The summed E-state index contributed by atoms with van der Waals surface area (Å²) in [4.78, 5) is 43.5. The molecule has 3 aliphatic heterocycles. The fourth-order valence-electron chi connectivity index (χ4n) is 6.84. The van der Waals surface area contributed by atoms with Gasteiger partial charge in [-0.15, -0.1) is 5.06 Å². The minimum Gasteiger partial charge on any atom is -0.344 e. The Balaban J connectivity index is 1.55. The van der Waals surface area contributed by atoms with E-state index in [1.54, 1.807) is 12.1 Å². The first-order chi connectivity index (χ1) is 22.3. The zero-order valence-electron chi connectivity index (χ0n) is 27.3. The van der Waals surface area contributed by atoms with Gasteiger partial charge in [-0.2, -0.15) is 21.4 Å². The monoisotopic (exact) mass is 700 g/mol. The number of carbonyl (C=O) groups excluding carboxylic acids is 3. The van der Waals surface area contributed by atoms with Crippen molar-refractivity contribution in [2.45, 2.75) is 80.9 Å². The summed E-state index contributed by atoms with van der Waals surface area (Å²) in [5, 5.41) is 0.485. The van der Waals surface area contributed by atoms with Crippen LogP contribution in [0.1, 0.15) is 71.4 Å². The van der Waals surface area contributed by atoms with Crippen LogP contribution >= 0.6 is 0 Å². The fourth-order valence-corrected chi connectivity index (χ4v) is 7.85. The number of benzene rings is 2. The van der Waals surface area contributed by atoms with Crippen LogP contribution < -0.4 is 4.90 Å². The number of amides is 2. The standard InChI is InChI=1S/C33H37N3O10S2/c1-6-34-25-13-11-21(47(40,41)42)19-23(25)32(3,4)27(34)9-8-10-28-33(5,18-17-31(39)46-36-29(37)15-16-30(36)38)24-20-22(48(43,44)45)12-14-26(24)35(28)7-2/h8-14,19-20H,6-7,15-18H2,1-5H3,(H-,40,41,42,43,44,45)/p+1. The minimum atomic E-state index is -4.55. The molecule has 2 amide bonds. The van der Waals surface area contributed by atoms with Crippen molar-refractivity contribution in [3.63, 3.8) is 0 Å². The van der Waals surface area contributed by atoms with Crippen LogP contribution in [0.25, 0.3) is 0 Å². The lowest BCUT2D eigenvalue weighted by molar-refractivity contribution is -0.433. The summed E-state index contributed by atoms with van der Waals surface area (Å²) in [5.74, 6) is -2.01. The van der Waals surface area contributed by atoms with E-state index in [-0.39, 0.29) is 35.5 Å². The predicted octanol–water partition coefficient (Wildman–Crippen LogP) is 4.20. The van der Waals surface area contributed by atoms with Crippen LogP contribution in [0.5, 0.6) is 0 Å². The zero-order chi connectivity index (χ0) is 35.4. The summed E-state index contributed by atoms with van der Waals surface area (Å²) < 4.78 is 69.6. The van der Waals surface area contributed by atoms with Gasteiger partial charge in [0.2, 0.25) is 5.69 Å². The Morgan fingerprint density at radius 2 is 1.52 bits per heavy atom. The Morgan fingerprint density at radius 3 is 2.08 bits per heavy atom. The number of fused-ring (bicyclic) bond motifs is 2. The molecule has 0 aliphatic carbocycles. The highest BCUT2D eigenvalue weighted by atomic mass is 32.2.